The Morgan fingerprint density at radius 2 is 1.81 bits per heavy atom. The highest BCUT2D eigenvalue weighted by Crippen LogP contribution is 2.25. The van der Waals surface area contributed by atoms with E-state index in [0.29, 0.717) is 16.4 Å². The number of halogens is 1. The van der Waals surface area contributed by atoms with Crippen LogP contribution in [0.1, 0.15) is 18.2 Å². The molecule has 7 heteroatoms. The quantitative estimate of drug-likeness (QED) is 0.608. The number of ether oxygens (including phenoxy) is 1. The normalized spacial score (nSPS) is 10.4. The first-order chi connectivity index (χ1) is 13.0. The molecular formula is C20H17ClN2O3S. The summed E-state index contributed by atoms with van der Waals surface area (Å²) in [7, 11) is 0. The molecule has 0 aliphatic carbocycles. The molecule has 3 aromatic rings. The summed E-state index contributed by atoms with van der Waals surface area (Å²) in [5.74, 6) is -0.466. The summed E-state index contributed by atoms with van der Waals surface area (Å²) in [6.07, 6.45) is 0.161. The van der Waals surface area contributed by atoms with Crippen LogP contribution in [0.3, 0.4) is 0 Å². The highest BCUT2D eigenvalue weighted by atomic mass is 35.5. The molecule has 1 amide bonds. The minimum atomic E-state index is -0.330. The molecule has 1 heterocycles. The molecule has 0 spiro atoms. The average Bonchev–Trinajstić information content (AvgIpc) is 3.11. The number of carbonyl (C=O) groups is 2. The van der Waals surface area contributed by atoms with E-state index in [1.54, 1.807) is 24.3 Å². The third kappa shape index (κ3) is 5.64. The summed E-state index contributed by atoms with van der Waals surface area (Å²) in [6.45, 7) is 1.58. The molecule has 0 saturated heterocycles. The molecule has 0 aliphatic heterocycles. The Morgan fingerprint density at radius 3 is 2.48 bits per heavy atom. The van der Waals surface area contributed by atoms with Crippen molar-refractivity contribution in [3.05, 3.63) is 70.2 Å². The third-order valence-corrected chi connectivity index (χ3v) is 4.84. The molecule has 5 nitrogen and oxygen atoms in total. The largest absolute Gasteiger partial charge is 0.459 e. The number of hydrogen-bond acceptors (Lipinski definition) is 5. The van der Waals surface area contributed by atoms with Crippen molar-refractivity contribution in [2.75, 3.05) is 5.32 Å². The van der Waals surface area contributed by atoms with Crippen LogP contribution in [-0.2, 0) is 27.4 Å². The Morgan fingerprint density at radius 1 is 1.11 bits per heavy atom. The fourth-order valence-corrected chi connectivity index (χ4v) is 3.32. The molecule has 0 unspecified atom stereocenters. The van der Waals surface area contributed by atoms with Gasteiger partial charge in [-0.2, -0.15) is 0 Å². The smallest absolute Gasteiger partial charge is 0.310 e. The second kappa shape index (κ2) is 8.79. The van der Waals surface area contributed by atoms with Gasteiger partial charge < -0.3 is 10.1 Å². The number of benzene rings is 2. The summed E-state index contributed by atoms with van der Waals surface area (Å²) in [5.41, 5.74) is 3.19. The van der Waals surface area contributed by atoms with Gasteiger partial charge >= 0.3 is 5.97 Å². The number of amides is 1. The van der Waals surface area contributed by atoms with Gasteiger partial charge in [-0.3, -0.25) is 9.59 Å². The zero-order valence-electron chi connectivity index (χ0n) is 14.6. The SMILES string of the molecule is CC(=O)Nc1ccc(CC(=O)OCc2csc(-c3ccc(Cl)cc3)n2)cc1. The zero-order valence-corrected chi connectivity index (χ0v) is 16.1. The van der Waals surface area contributed by atoms with E-state index in [1.165, 1.54) is 18.3 Å². The van der Waals surface area contributed by atoms with Crippen LogP contribution in [0, 0.1) is 0 Å². The Balaban J connectivity index is 1.52. The average molecular weight is 401 g/mol. The molecule has 0 fully saturated rings. The van der Waals surface area contributed by atoms with Crippen LogP contribution in [-0.4, -0.2) is 16.9 Å². The van der Waals surface area contributed by atoms with Crippen LogP contribution in [0.5, 0.6) is 0 Å². The van der Waals surface area contributed by atoms with Crippen molar-refractivity contribution in [2.24, 2.45) is 0 Å². The lowest BCUT2D eigenvalue weighted by Crippen LogP contribution is -2.09. The third-order valence-electron chi connectivity index (χ3n) is 3.65. The maximum absolute atomic E-state index is 12.0. The number of esters is 1. The van der Waals surface area contributed by atoms with E-state index in [4.69, 9.17) is 16.3 Å². The summed E-state index contributed by atoms with van der Waals surface area (Å²) in [4.78, 5) is 27.5. The summed E-state index contributed by atoms with van der Waals surface area (Å²) in [6, 6.07) is 14.5. The van der Waals surface area contributed by atoms with Crippen LogP contribution in [0.25, 0.3) is 10.6 Å². The molecule has 0 aliphatic rings. The van der Waals surface area contributed by atoms with Gasteiger partial charge in [-0.25, -0.2) is 4.98 Å². The van der Waals surface area contributed by atoms with Crippen molar-refractivity contribution in [1.82, 2.24) is 4.98 Å². The van der Waals surface area contributed by atoms with Gasteiger partial charge in [0.15, 0.2) is 0 Å². The second-order valence-corrected chi connectivity index (χ2v) is 7.16. The van der Waals surface area contributed by atoms with E-state index in [1.807, 2.05) is 29.6 Å². The van der Waals surface area contributed by atoms with E-state index in [2.05, 4.69) is 10.3 Å². The zero-order chi connectivity index (χ0) is 19.2. The first-order valence-electron chi connectivity index (χ1n) is 8.22. The van der Waals surface area contributed by atoms with Crippen LogP contribution in [0.4, 0.5) is 5.69 Å². The first kappa shape index (κ1) is 19.1. The number of thiazole rings is 1. The van der Waals surface area contributed by atoms with Crippen LogP contribution in [0.2, 0.25) is 5.02 Å². The minimum Gasteiger partial charge on any atom is -0.459 e. The lowest BCUT2D eigenvalue weighted by Gasteiger charge is -2.05. The number of hydrogen-bond donors (Lipinski definition) is 1. The predicted molar refractivity (Wildman–Crippen MR) is 107 cm³/mol. The van der Waals surface area contributed by atoms with Gasteiger partial charge in [0.05, 0.1) is 12.1 Å². The Kier molecular flexibility index (Phi) is 6.21. The Bertz CT molecular complexity index is 937. The van der Waals surface area contributed by atoms with Gasteiger partial charge in [-0.15, -0.1) is 11.3 Å². The van der Waals surface area contributed by atoms with Crippen molar-refractivity contribution in [2.45, 2.75) is 20.0 Å². The van der Waals surface area contributed by atoms with Gasteiger partial charge in [-0.1, -0.05) is 35.9 Å². The Labute approximate surface area is 166 Å². The Hall–Kier alpha value is -2.70. The molecule has 27 heavy (non-hydrogen) atoms. The van der Waals surface area contributed by atoms with Crippen molar-refractivity contribution in [3.8, 4) is 10.6 Å². The summed E-state index contributed by atoms with van der Waals surface area (Å²) < 4.78 is 5.31. The summed E-state index contributed by atoms with van der Waals surface area (Å²) in [5, 5.41) is 6.08. The fourth-order valence-electron chi connectivity index (χ4n) is 2.38. The number of rotatable bonds is 6. The molecular weight excluding hydrogens is 384 g/mol. The molecule has 3 rings (SSSR count). The van der Waals surface area contributed by atoms with E-state index in [0.717, 1.165) is 16.1 Å². The second-order valence-electron chi connectivity index (χ2n) is 5.87. The maximum Gasteiger partial charge on any atom is 0.310 e. The molecule has 1 N–H and O–H groups in total. The summed E-state index contributed by atoms with van der Waals surface area (Å²) >= 11 is 7.38. The van der Waals surface area contributed by atoms with Gasteiger partial charge in [0.25, 0.3) is 0 Å². The lowest BCUT2D eigenvalue weighted by molar-refractivity contribution is -0.144. The topological polar surface area (TPSA) is 68.3 Å². The lowest BCUT2D eigenvalue weighted by atomic mass is 10.1. The van der Waals surface area contributed by atoms with Crippen LogP contribution < -0.4 is 5.32 Å². The fraction of sp³-hybridized carbons (Fsp3) is 0.150. The van der Waals surface area contributed by atoms with Gasteiger partial charge in [0, 0.05) is 28.6 Å². The molecule has 138 valence electrons. The van der Waals surface area contributed by atoms with Crippen molar-refractivity contribution in [1.29, 1.82) is 0 Å². The molecule has 0 radical (unpaired) electrons. The monoisotopic (exact) mass is 400 g/mol. The predicted octanol–water partition coefficient (Wildman–Crippen LogP) is 4.71. The molecule has 0 saturated carbocycles. The number of aromatic nitrogens is 1. The number of nitrogens with zero attached hydrogens (tertiary/aromatic N) is 1. The maximum atomic E-state index is 12.0. The van der Waals surface area contributed by atoms with Gasteiger partial charge in [0.2, 0.25) is 5.91 Å². The molecule has 0 atom stereocenters. The van der Waals surface area contributed by atoms with Crippen molar-refractivity contribution >= 4 is 40.5 Å². The highest BCUT2D eigenvalue weighted by molar-refractivity contribution is 7.13. The highest BCUT2D eigenvalue weighted by Gasteiger charge is 2.09. The van der Waals surface area contributed by atoms with Crippen molar-refractivity contribution < 1.29 is 14.3 Å². The number of anilines is 1. The van der Waals surface area contributed by atoms with E-state index >= 15 is 0 Å². The standard InChI is InChI=1S/C20H17ClN2O3S/c1-13(24)22-17-8-2-14(3-9-17)10-19(25)26-11-18-12-27-20(23-18)15-4-6-16(21)7-5-15/h2-9,12H,10-11H2,1H3,(H,22,24). The molecule has 2 aromatic carbocycles. The number of carbonyl (C=O) groups excluding carboxylic acids is 2. The van der Waals surface area contributed by atoms with E-state index in [9.17, 15) is 9.59 Å². The van der Waals surface area contributed by atoms with E-state index in [-0.39, 0.29) is 24.9 Å². The number of nitrogens with one attached hydrogen (secondary N) is 1. The molecule has 1 aromatic heterocycles. The minimum absolute atomic E-state index is 0.132. The van der Waals surface area contributed by atoms with E-state index < -0.39 is 0 Å². The first-order valence-corrected chi connectivity index (χ1v) is 9.48. The van der Waals surface area contributed by atoms with Crippen molar-refractivity contribution in [3.63, 3.8) is 0 Å². The van der Waals surface area contributed by atoms with Gasteiger partial charge in [0.1, 0.15) is 11.6 Å². The van der Waals surface area contributed by atoms with Crippen LogP contribution in [0.15, 0.2) is 53.9 Å². The van der Waals surface area contributed by atoms with Crippen LogP contribution >= 0.6 is 22.9 Å². The van der Waals surface area contributed by atoms with Gasteiger partial charge in [-0.05, 0) is 29.8 Å². The molecule has 0 bridgehead atoms.